The highest BCUT2D eigenvalue weighted by molar-refractivity contribution is 5.91. The summed E-state index contributed by atoms with van der Waals surface area (Å²) in [5, 5.41) is 12.0. The Balaban J connectivity index is 1.70. The summed E-state index contributed by atoms with van der Waals surface area (Å²) >= 11 is 0. The summed E-state index contributed by atoms with van der Waals surface area (Å²) in [7, 11) is 0. The molecule has 1 amide bonds. The van der Waals surface area contributed by atoms with Gasteiger partial charge in [0, 0.05) is 13.2 Å². The van der Waals surface area contributed by atoms with Crippen LogP contribution >= 0.6 is 0 Å². The van der Waals surface area contributed by atoms with E-state index in [0.717, 1.165) is 25.9 Å². The van der Waals surface area contributed by atoms with Crippen molar-refractivity contribution in [1.29, 1.82) is 0 Å². The SMILES string of the molecule is CCOC1CC(CCNC(=O)Cc2ccccc2C(=O)O)C1. The molecule has 0 spiro atoms. The predicted molar refractivity (Wildman–Crippen MR) is 82.9 cm³/mol. The summed E-state index contributed by atoms with van der Waals surface area (Å²) in [5.74, 6) is -0.502. The normalized spacial score (nSPS) is 20.2. The van der Waals surface area contributed by atoms with Gasteiger partial charge in [-0.05, 0) is 43.7 Å². The third-order valence-electron chi connectivity index (χ3n) is 4.07. The first-order chi connectivity index (χ1) is 10.6. The summed E-state index contributed by atoms with van der Waals surface area (Å²) in [4.78, 5) is 23.0. The van der Waals surface area contributed by atoms with Crippen LogP contribution in [0.1, 0.15) is 42.1 Å². The van der Waals surface area contributed by atoms with Crippen molar-refractivity contribution in [2.75, 3.05) is 13.2 Å². The lowest BCUT2D eigenvalue weighted by atomic mass is 9.80. The van der Waals surface area contributed by atoms with Crippen LogP contribution in [0.3, 0.4) is 0 Å². The molecule has 0 aromatic heterocycles. The van der Waals surface area contributed by atoms with Crippen LogP contribution in [0.15, 0.2) is 24.3 Å². The maximum Gasteiger partial charge on any atom is 0.335 e. The minimum Gasteiger partial charge on any atom is -0.478 e. The number of ether oxygens (including phenoxy) is 1. The van der Waals surface area contributed by atoms with Gasteiger partial charge in [0.15, 0.2) is 0 Å². The van der Waals surface area contributed by atoms with Crippen molar-refractivity contribution in [3.05, 3.63) is 35.4 Å². The smallest absolute Gasteiger partial charge is 0.335 e. The van der Waals surface area contributed by atoms with Crippen LogP contribution in [0, 0.1) is 5.92 Å². The van der Waals surface area contributed by atoms with E-state index in [9.17, 15) is 9.59 Å². The molecule has 0 heterocycles. The number of carboxylic acids is 1. The Hall–Kier alpha value is -1.88. The highest BCUT2D eigenvalue weighted by Crippen LogP contribution is 2.32. The Bertz CT molecular complexity index is 523. The molecule has 5 heteroatoms. The molecule has 2 rings (SSSR count). The lowest BCUT2D eigenvalue weighted by molar-refractivity contribution is -0.120. The Labute approximate surface area is 130 Å². The van der Waals surface area contributed by atoms with E-state index in [4.69, 9.17) is 9.84 Å². The zero-order chi connectivity index (χ0) is 15.9. The second-order valence-electron chi connectivity index (χ2n) is 5.69. The van der Waals surface area contributed by atoms with Crippen molar-refractivity contribution in [2.45, 2.75) is 38.7 Å². The van der Waals surface area contributed by atoms with E-state index in [0.29, 0.717) is 24.1 Å². The molecular weight excluding hydrogens is 282 g/mol. The molecule has 1 aromatic carbocycles. The van der Waals surface area contributed by atoms with Crippen LogP contribution in [-0.2, 0) is 16.0 Å². The number of benzene rings is 1. The van der Waals surface area contributed by atoms with Gasteiger partial charge in [-0.25, -0.2) is 4.79 Å². The molecule has 1 aliphatic rings. The quantitative estimate of drug-likeness (QED) is 0.772. The first-order valence-corrected chi connectivity index (χ1v) is 7.79. The first kappa shape index (κ1) is 16.5. The Morgan fingerprint density at radius 3 is 2.73 bits per heavy atom. The van der Waals surface area contributed by atoms with Crippen molar-refractivity contribution in [2.24, 2.45) is 5.92 Å². The number of carboxylic acid groups (broad SMARTS) is 1. The fourth-order valence-electron chi connectivity index (χ4n) is 2.82. The second-order valence-corrected chi connectivity index (χ2v) is 5.69. The standard InChI is InChI=1S/C17H23NO4/c1-2-22-14-9-12(10-14)7-8-18-16(19)11-13-5-3-4-6-15(13)17(20)21/h3-6,12,14H,2,7-11H2,1H3,(H,18,19)(H,20,21). The molecule has 0 saturated heterocycles. The first-order valence-electron chi connectivity index (χ1n) is 7.79. The number of aromatic carboxylic acids is 1. The van der Waals surface area contributed by atoms with Crippen LogP contribution < -0.4 is 5.32 Å². The van der Waals surface area contributed by atoms with E-state index in [2.05, 4.69) is 5.32 Å². The van der Waals surface area contributed by atoms with Crippen LogP contribution in [0.2, 0.25) is 0 Å². The molecule has 22 heavy (non-hydrogen) atoms. The number of hydrogen-bond acceptors (Lipinski definition) is 3. The predicted octanol–water partition coefficient (Wildman–Crippen LogP) is 2.25. The molecule has 1 aromatic rings. The summed E-state index contributed by atoms with van der Waals surface area (Å²) in [6.45, 7) is 3.40. The van der Waals surface area contributed by atoms with Gasteiger partial charge in [0.05, 0.1) is 18.1 Å². The summed E-state index contributed by atoms with van der Waals surface area (Å²) in [6.07, 6.45) is 3.61. The fourth-order valence-corrected chi connectivity index (χ4v) is 2.82. The van der Waals surface area contributed by atoms with E-state index < -0.39 is 5.97 Å². The number of carbonyl (C=O) groups is 2. The largest absolute Gasteiger partial charge is 0.478 e. The number of rotatable bonds is 8. The molecule has 0 bridgehead atoms. The molecule has 5 nitrogen and oxygen atoms in total. The molecule has 1 saturated carbocycles. The van der Waals surface area contributed by atoms with Crippen molar-refractivity contribution in [1.82, 2.24) is 5.32 Å². The zero-order valence-electron chi connectivity index (χ0n) is 12.9. The monoisotopic (exact) mass is 305 g/mol. The molecule has 1 fully saturated rings. The van der Waals surface area contributed by atoms with E-state index in [1.165, 1.54) is 6.07 Å². The van der Waals surface area contributed by atoms with E-state index in [1.54, 1.807) is 18.2 Å². The van der Waals surface area contributed by atoms with Crippen LogP contribution in [0.25, 0.3) is 0 Å². The van der Waals surface area contributed by atoms with Crippen LogP contribution in [0.4, 0.5) is 0 Å². The Kier molecular flexibility index (Phi) is 5.95. The lowest BCUT2D eigenvalue weighted by Crippen LogP contribution is -2.35. The molecule has 0 unspecified atom stereocenters. The van der Waals surface area contributed by atoms with Crippen LogP contribution in [0.5, 0.6) is 0 Å². The van der Waals surface area contributed by atoms with Gasteiger partial charge in [0.25, 0.3) is 0 Å². The van der Waals surface area contributed by atoms with E-state index >= 15 is 0 Å². The average molecular weight is 305 g/mol. The second kappa shape index (κ2) is 7.94. The van der Waals surface area contributed by atoms with Crippen LogP contribution in [-0.4, -0.2) is 36.2 Å². The highest BCUT2D eigenvalue weighted by Gasteiger charge is 2.28. The summed E-state index contributed by atoms with van der Waals surface area (Å²) < 4.78 is 5.51. The van der Waals surface area contributed by atoms with Crippen molar-refractivity contribution < 1.29 is 19.4 Å². The molecule has 0 radical (unpaired) electrons. The number of nitrogens with one attached hydrogen (secondary N) is 1. The molecule has 2 N–H and O–H groups in total. The van der Waals surface area contributed by atoms with Crippen molar-refractivity contribution in [3.8, 4) is 0 Å². The topological polar surface area (TPSA) is 75.6 Å². The molecule has 120 valence electrons. The molecular formula is C17H23NO4. The van der Waals surface area contributed by atoms with Gasteiger partial charge in [-0.2, -0.15) is 0 Å². The van der Waals surface area contributed by atoms with Gasteiger partial charge in [-0.15, -0.1) is 0 Å². The molecule has 0 aliphatic heterocycles. The van der Waals surface area contributed by atoms with Crippen molar-refractivity contribution >= 4 is 11.9 Å². The minimum atomic E-state index is -1.00. The molecule has 1 aliphatic carbocycles. The molecule has 0 atom stereocenters. The number of hydrogen-bond donors (Lipinski definition) is 2. The van der Waals surface area contributed by atoms with E-state index in [1.807, 2.05) is 6.92 Å². The van der Waals surface area contributed by atoms with Gasteiger partial charge >= 0.3 is 5.97 Å². The van der Waals surface area contributed by atoms with E-state index in [-0.39, 0.29) is 17.9 Å². The Morgan fingerprint density at radius 2 is 2.05 bits per heavy atom. The van der Waals surface area contributed by atoms with Gasteiger partial charge in [-0.1, -0.05) is 18.2 Å². The van der Waals surface area contributed by atoms with Gasteiger partial charge in [-0.3, -0.25) is 4.79 Å². The van der Waals surface area contributed by atoms with Gasteiger partial charge in [0.1, 0.15) is 0 Å². The van der Waals surface area contributed by atoms with Crippen molar-refractivity contribution in [3.63, 3.8) is 0 Å². The maximum absolute atomic E-state index is 11.9. The third-order valence-corrected chi connectivity index (χ3v) is 4.07. The fraction of sp³-hybridized carbons (Fsp3) is 0.529. The third kappa shape index (κ3) is 4.56. The van der Waals surface area contributed by atoms with Gasteiger partial charge in [0.2, 0.25) is 5.91 Å². The zero-order valence-corrected chi connectivity index (χ0v) is 12.9. The number of carbonyl (C=O) groups excluding carboxylic acids is 1. The Morgan fingerprint density at radius 1 is 1.32 bits per heavy atom. The maximum atomic E-state index is 11.9. The minimum absolute atomic E-state index is 0.106. The summed E-state index contributed by atoms with van der Waals surface area (Å²) in [5.41, 5.74) is 0.740. The number of amides is 1. The lowest BCUT2D eigenvalue weighted by Gasteiger charge is -2.34. The average Bonchev–Trinajstić information content (AvgIpc) is 2.45. The summed E-state index contributed by atoms with van der Waals surface area (Å²) in [6, 6.07) is 6.61. The highest BCUT2D eigenvalue weighted by atomic mass is 16.5. The van der Waals surface area contributed by atoms with Gasteiger partial charge < -0.3 is 15.2 Å².